The van der Waals surface area contributed by atoms with Crippen molar-refractivity contribution in [3.63, 3.8) is 0 Å². The number of hydrogen-bond acceptors (Lipinski definition) is 5. The predicted molar refractivity (Wildman–Crippen MR) is 147 cm³/mol. The molecule has 0 amide bonds. The Balaban J connectivity index is 1.43. The maximum atomic E-state index is 5.33. The van der Waals surface area contributed by atoms with Crippen molar-refractivity contribution in [3.8, 4) is 22.8 Å². The lowest BCUT2D eigenvalue weighted by Crippen LogP contribution is -2.08. The Bertz CT molecular complexity index is 1680. The van der Waals surface area contributed by atoms with Crippen molar-refractivity contribution in [2.75, 3.05) is 31.4 Å². The van der Waals surface area contributed by atoms with Gasteiger partial charge in [-0.2, -0.15) is 0 Å². The summed E-state index contributed by atoms with van der Waals surface area (Å²) in [6, 6.07) is 30.7. The molecule has 0 saturated carbocycles. The fraction of sp³-hybridized carbons (Fsp3) is 0.103. The number of fused-ring (bicyclic) bond motifs is 2. The summed E-state index contributed by atoms with van der Waals surface area (Å²) in [7, 11) is 5.75. The fourth-order valence-electron chi connectivity index (χ4n) is 4.42. The second-order valence-corrected chi connectivity index (χ2v) is 8.84. The van der Waals surface area contributed by atoms with Crippen molar-refractivity contribution in [3.05, 3.63) is 91.0 Å². The number of hydrogen-bond donors (Lipinski definition) is 2. The smallest absolute Gasteiger partial charge is 0.205 e. The third-order valence-corrected chi connectivity index (χ3v) is 6.26. The minimum atomic E-state index is 0.672. The fourth-order valence-corrected chi connectivity index (χ4v) is 4.42. The second-order valence-electron chi connectivity index (χ2n) is 8.84. The van der Waals surface area contributed by atoms with Crippen LogP contribution < -0.4 is 15.0 Å². The molecule has 2 heterocycles. The van der Waals surface area contributed by atoms with Gasteiger partial charge in [-0.3, -0.25) is 4.57 Å². The molecular weight excluding hydrogens is 448 g/mol. The first kappa shape index (κ1) is 21.7. The summed E-state index contributed by atoms with van der Waals surface area (Å²) < 4.78 is 7.53. The Morgan fingerprint density at radius 3 is 2.47 bits per heavy atom. The summed E-state index contributed by atoms with van der Waals surface area (Å²) in [5, 5.41) is 3.33. The molecule has 0 fully saturated rings. The average molecular weight is 475 g/mol. The third-order valence-electron chi connectivity index (χ3n) is 6.26. The Morgan fingerprint density at radius 2 is 1.67 bits per heavy atom. The van der Waals surface area contributed by atoms with Crippen LogP contribution in [0.4, 0.5) is 17.3 Å². The van der Waals surface area contributed by atoms with E-state index in [9.17, 15) is 0 Å². The normalized spacial score (nSPS) is 11.2. The number of benzene rings is 4. The van der Waals surface area contributed by atoms with Crippen LogP contribution in [0.25, 0.3) is 39.1 Å². The lowest BCUT2D eigenvalue weighted by Gasteiger charge is -2.13. The van der Waals surface area contributed by atoms with Gasteiger partial charge in [0.15, 0.2) is 0 Å². The van der Waals surface area contributed by atoms with Crippen LogP contribution in [0.2, 0.25) is 0 Å². The standard InChI is InChI=1S/C29H26N6O/c1-34(2)21-13-11-19(12-14-21)28-31-25-9-4-5-10-27(25)35(28)22-15-16-24-26(18-22)33-29(32-24)30-20-7-6-8-23(17-20)36-3/h4-18H,1-3H3,(H2,30,32,33). The SMILES string of the molecule is COc1cccc(Nc2nc3ccc(-n4c(-c5ccc(N(C)C)cc5)nc5ccccc54)cc3[nH]2)c1. The molecule has 6 aromatic rings. The van der Waals surface area contributed by atoms with E-state index in [1.165, 1.54) is 0 Å². The molecule has 0 aliphatic rings. The molecule has 2 aromatic heterocycles. The maximum Gasteiger partial charge on any atom is 0.205 e. The van der Waals surface area contributed by atoms with Crippen LogP contribution in [0.5, 0.6) is 5.75 Å². The lowest BCUT2D eigenvalue weighted by molar-refractivity contribution is 0.415. The molecule has 36 heavy (non-hydrogen) atoms. The predicted octanol–water partition coefficient (Wildman–Crippen LogP) is 6.39. The number of anilines is 3. The Morgan fingerprint density at radius 1 is 0.833 bits per heavy atom. The largest absolute Gasteiger partial charge is 0.497 e. The van der Waals surface area contributed by atoms with Gasteiger partial charge in [0.25, 0.3) is 0 Å². The Labute approximate surface area is 209 Å². The van der Waals surface area contributed by atoms with E-state index in [0.29, 0.717) is 5.95 Å². The van der Waals surface area contributed by atoms with Crippen LogP contribution in [-0.4, -0.2) is 40.7 Å². The molecule has 0 spiro atoms. The van der Waals surface area contributed by atoms with Crippen LogP contribution in [0, 0.1) is 0 Å². The minimum absolute atomic E-state index is 0.672. The first-order chi connectivity index (χ1) is 17.6. The van der Waals surface area contributed by atoms with Crippen LogP contribution in [0.3, 0.4) is 0 Å². The molecule has 178 valence electrons. The zero-order valence-electron chi connectivity index (χ0n) is 20.4. The Kier molecular flexibility index (Phi) is 5.30. The first-order valence-electron chi connectivity index (χ1n) is 11.8. The van der Waals surface area contributed by atoms with Crippen molar-refractivity contribution in [1.82, 2.24) is 19.5 Å². The monoisotopic (exact) mass is 474 g/mol. The molecule has 2 N–H and O–H groups in total. The van der Waals surface area contributed by atoms with Gasteiger partial charge in [-0.05, 0) is 66.7 Å². The number of nitrogens with zero attached hydrogens (tertiary/aromatic N) is 4. The van der Waals surface area contributed by atoms with Crippen LogP contribution in [0.15, 0.2) is 91.0 Å². The van der Waals surface area contributed by atoms with Gasteiger partial charge in [0, 0.05) is 42.8 Å². The molecule has 7 nitrogen and oxygen atoms in total. The van der Waals surface area contributed by atoms with E-state index in [1.807, 2.05) is 56.6 Å². The van der Waals surface area contributed by atoms with Crippen molar-refractivity contribution in [2.24, 2.45) is 0 Å². The highest BCUT2D eigenvalue weighted by molar-refractivity contribution is 5.86. The van der Waals surface area contributed by atoms with Crippen molar-refractivity contribution >= 4 is 39.4 Å². The van der Waals surface area contributed by atoms with Crippen molar-refractivity contribution in [2.45, 2.75) is 0 Å². The summed E-state index contributed by atoms with van der Waals surface area (Å²) in [6.45, 7) is 0. The molecule has 0 unspecified atom stereocenters. The number of rotatable bonds is 6. The van der Waals surface area contributed by atoms with E-state index in [4.69, 9.17) is 14.7 Å². The number of H-pyrrole nitrogens is 1. The topological polar surface area (TPSA) is 71.0 Å². The number of para-hydroxylation sites is 2. The number of methoxy groups -OCH3 is 1. The van der Waals surface area contributed by atoms with Crippen LogP contribution in [0.1, 0.15) is 0 Å². The number of imidazole rings is 2. The van der Waals surface area contributed by atoms with E-state index >= 15 is 0 Å². The van der Waals surface area contributed by atoms with Gasteiger partial charge in [0.1, 0.15) is 11.6 Å². The van der Waals surface area contributed by atoms with Gasteiger partial charge in [0.2, 0.25) is 5.95 Å². The van der Waals surface area contributed by atoms with Gasteiger partial charge >= 0.3 is 0 Å². The molecule has 0 bridgehead atoms. The van der Waals surface area contributed by atoms with Gasteiger partial charge in [0.05, 0.1) is 29.2 Å². The highest BCUT2D eigenvalue weighted by atomic mass is 16.5. The molecule has 4 aromatic carbocycles. The number of nitrogens with one attached hydrogen (secondary N) is 2. The molecule has 0 atom stereocenters. The summed E-state index contributed by atoms with van der Waals surface area (Å²) in [4.78, 5) is 15.2. The zero-order chi connectivity index (χ0) is 24.6. The summed E-state index contributed by atoms with van der Waals surface area (Å²) in [5.74, 6) is 2.36. The summed E-state index contributed by atoms with van der Waals surface area (Å²) in [5.41, 5.74) is 7.94. The second kappa shape index (κ2) is 8.78. The quantitative estimate of drug-likeness (QED) is 0.293. The van der Waals surface area contributed by atoms with E-state index in [-0.39, 0.29) is 0 Å². The molecular formula is C29H26N6O. The number of aromatic amines is 1. The number of ether oxygens (including phenoxy) is 1. The molecule has 6 rings (SSSR count). The zero-order valence-corrected chi connectivity index (χ0v) is 20.4. The van der Waals surface area contributed by atoms with Gasteiger partial charge in [-0.25, -0.2) is 9.97 Å². The summed E-state index contributed by atoms with van der Waals surface area (Å²) in [6.07, 6.45) is 0. The van der Waals surface area contributed by atoms with Crippen molar-refractivity contribution in [1.29, 1.82) is 0 Å². The number of aromatic nitrogens is 4. The first-order valence-corrected chi connectivity index (χ1v) is 11.8. The highest BCUT2D eigenvalue weighted by Crippen LogP contribution is 2.31. The van der Waals surface area contributed by atoms with Gasteiger partial charge in [-0.15, -0.1) is 0 Å². The molecule has 0 radical (unpaired) electrons. The molecule has 0 saturated heterocycles. The van der Waals surface area contributed by atoms with E-state index < -0.39 is 0 Å². The van der Waals surface area contributed by atoms with E-state index in [1.54, 1.807) is 7.11 Å². The molecule has 0 aliphatic heterocycles. The third kappa shape index (κ3) is 3.90. The minimum Gasteiger partial charge on any atom is -0.497 e. The summed E-state index contributed by atoms with van der Waals surface area (Å²) >= 11 is 0. The highest BCUT2D eigenvalue weighted by Gasteiger charge is 2.15. The van der Waals surface area contributed by atoms with E-state index in [2.05, 4.69) is 68.3 Å². The van der Waals surface area contributed by atoms with Gasteiger partial charge < -0.3 is 19.9 Å². The maximum absolute atomic E-state index is 5.33. The van der Waals surface area contributed by atoms with E-state index in [0.717, 1.165) is 56.3 Å². The Hall–Kier alpha value is -4.78. The van der Waals surface area contributed by atoms with Crippen molar-refractivity contribution < 1.29 is 4.74 Å². The molecule has 0 aliphatic carbocycles. The van der Waals surface area contributed by atoms with Crippen LogP contribution >= 0.6 is 0 Å². The van der Waals surface area contributed by atoms with Crippen LogP contribution in [-0.2, 0) is 0 Å². The lowest BCUT2D eigenvalue weighted by atomic mass is 10.1. The van der Waals surface area contributed by atoms with Gasteiger partial charge in [-0.1, -0.05) is 18.2 Å². The molecule has 7 heteroatoms. The average Bonchev–Trinajstić information content (AvgIpc) is 3.49.